The Balaban J connectivity index is 1.79. The number of nitrogens with zero attached hydrogens (tertiary/aromatic N) is 2. The van der Waals surface area contributed by atoms with Crippen LogP contribution in [0, 0.1) is 25.2 Å². The Kier molecular flexibility index (Phi) is 4.33. The molecule has 0 saturated carbocycles. The number of rotatable bonds is 2. The zero-order valence-electron chi connectivity index (χ0n) is 15.3. The number of carbonyl (C=O) groups is 1. The van der Waals surface area contributed by atoms with E-state index in [1.165, 1.54) is 16.7 Å². The van der Waals surface area contributed by atoms with Gasteiger partial charge in [-0.1, -0.05) is 59.7 Å². The fourth-order valence-corrected chi connectivity index (χ4v) is 5.10. The lowest BCUT2D eigenvalue weighted by atomic mass is 9.85. The van der Waals surface area contributed by atoms with Gasteiger partial charge in [0, 0.05) is 17.9 Å². The van der Waals surface area contributed by atoms with Gasteiger partial charge >= 0.3 is 0 Å². The molecule has 2 aliphatic heterocycles. The van der Waals surface area contributed by atoms with Crippen molar-refractivity contribution in [2.24, 2.45) is 0 Å². The minimum atomic E-state index is -1.41. The second-order valence-electron chi connectivity index (χ2n) is 7.20. The summed E-state index contributed by atoms with van der Waals surface area (Å²) in [6.07, 6.45) is 0.185. The van der Waals surface area contributed by atoms with Crippen LogP contribution in [-0.2, 0) is 10.5 Å². The molecule has 27 heavy (non-hydrogen) atoms. The lowest BCUT2D eigenvalue weighted by Crippen LogP contribution is -2.48. The molecule has 2 aromatic carbocycles. The maximum Gasteiger partial charge on any atom is 0.231 e. The van der Waals surface area contributed by atoms with Crippen molar-refractivity contribution in [3.8, 4) is 6.07 Å². The molecule has 0 spiro atoms. The van der Waals surface area contributed by atoms with Crippen LogP contribution in [0.5, 0.6) is 0 Å². The summed E-state index contributed by atoms with van der Waals surface area (Å²) in [6, 6.07) is 17.8. The lowest BCUT2D eigenvalue weighted by Gasteiger charge is -2.38. The van der Waals surface area contributed by atoms with Crippen molar-refractivity contribution in [2.45, 2.75) is 31.9 Å². The standard InChI is InChI=1S/C22H20N2O2S/c1-14-3-7-16(8-4-14)18-11-20(25)24-21(19(18)12-23)27-13-22(24,26)17-9-5-15(2)6-10-17/h3-10,18,26H,11,13H2,1-2H3/t18-,22-/m1/s1. The Bertz CT molecular complexity index is 973. The molecule has 0 aromatic heterocycles. The van der Waals surface area contributed by atoms with Gasteiger partial charge in [-0.15, -0.1) is 11.8 Å². The highest BCUT2D eigenvalue weighted by Crippen LogP contribution is 2.51. The Labute approximate surface area is 163 Å². The number of nitriles is 1. The molecule has 0 unspecified atom stereocenters. The zero-order valence-corrected chi connectivity index (χ0v) is 16.1. The molecule has 4 nitrogen and oxygen atoms in total. The van der Waals surface area contributed by atoms with Crippen LogP contribution in [-0.4, -0.2) is 21.7 Å². The molecule has 0 aliphatic carbocycles. The summed E-state index contributed by atoms with van der Waals surface area (Å²) < 4.78 is 0. The van der Waals surface area contributed by atoms with E-state index in [4.69, 9.17) is 0 Å². The highest BCUT2D eigenvalue weighted by atomic mass is 32.2. The van der Waals surface area contributed by atoms with E-state index in [-0.39, 0.29) is 18.2 Å². The smallest absolute Gasteiger partial charge is 0.231 e. The molecule has 136 valence electrons. The van der Waals surface area contributed by atoms with Gasteiger partial charge in [0.15, 0.2) is 5.72 Å². The van der Waals surface area contributed by atoms with Crippen molar-refractivity contribution in [1.29, 1.82) is 5.26 Å². The first kappa shape index (κ1) is 17.8. The number of thioether (sulfide) groups is 1. The summed E-state index contributed by atoms with van der Waals surface area (Å²) in [7, 11) is 0. The average Bonchev–Trinajstić information content (AvgIpc) is 3.02. The van der Waals surface area contributed by atoms with E-state index in [0.29, 0.717) is 21.9 Å². The number of hydrogen-bond acceptors (Lipinski definition) is 4. The molecule has 1 saturated heterocycles. The second kappa shape index (κ2) is 6.56. The van der Waals surface area contributed by atoms with Crippen molar-refractivity contribution in [3.63, 3.8) is 0 Å². The largest absolute Gasteiger partial charge is 0.366 e. The lowest BCUT2D eigenvalue weighted by molar-refractivity contribution is -0.149. The molecular formula is C22H20N2O2S. The van der Waals surface area contributed by atoms with E-state index in [9.17, 15) is 15.2 Å². The van der Waals surface area contributed by atoms with Crippen molar-refractivity contribution < 1.29 is 9.90 Å². The summed E-state index contributed by atoms with van der Waals surface area (Å²) >= 11 is 1.38. The predicted molar refractivity (Wildman–Crippen MR) is 106 cm³/mol. The fourth-order valence-electron chi connectivity index (χ4n) is 3.74. The van der Waals surface area contributed by atoms with Crippen LogP contribution < -0.4 is 0 Å². The van der Waals surface area contributed by atoms with Gasteiger partial charge in [-0.05, 0) is 19.4 Å². The third-order valence-electron chi connectivity index (χ3n) is 5.30. The molecule has 2 aliphatic rings. The summed E-state index contributed by atoms with van der Waals surface area (Å²) in [5.41, 5.74) is 3.01. The zero-order chi connectivity index (χ0) is 19.2. The normalized spacial score (nSPS) is 24.7. The molecule has 1 amide bonds. The van der Waals surface area contributed by atoms with Crippen LogP contribution >= 0.6 is 11.8 Å². The molecule has 2 atom stereocenters. The van der Waals surface area contributed by atoms with Gasteiger partial charge < -0.3 is 5.11 Å². The SMILES string of the molecule is Cc1ccc([C@H]2CC(=O)N3C(=C2C#N)SC[C@@]3(O)c2ccc(C)cc2)cc1. The van der Waals surface area contributed by atoms with Crippen LogP contribution in [0.3, 0.4) is 0 Å². The van der Waals surface area contributed by atoms with Crippen LogP contribution in [0.4, 0.5) is 0 Å². The number of aliphatic hydroxyl groups is 1. The highest BCUT2D eigenvalue weighted by molar-refractivity contribution is 8.03. The van der Waals surface area contributed by atoms with E-state index < -0.39 is 5.72 Å². The minimum absolute atomic E-state index is 0.150. The quantitative estimate of drug-likeness (QED) is 0.862. The van der Waals surface area contributed by atoms with E-state index in [0.717, 1.165) is 16.7 Å². The number of fused-ring (bicyclic) bond motifs is 1. The van der Waals surface area contributed by atoms with Gasteiger partial charge in [-0.3, -0.25) is 9.69 Å². The topological polar surface area (TPSA) is 64.3 Å². The molecule has 2 heterocycles. The number of carbonyl (C=O) groups excluding carboxylic acids is 1. The van der Waals surface area contributed by atoms with Gasteiger partial charge in [0.25, 0.3) is 0 Å². The number of hydrogen-bond donors (Lipinski definition) is 1. The molecule has 2 aromatic rings. The maximum atomic E-state index is 13.1. The van der Waals surface area contributed by atoms with Crippen LogP contribution in [0.1, 0.15) is 34.6 Å². The summed E-state index contributed by atoms with van der Waals surface area (Å²) in [6.45, 7) is 3.99. The van der Waals surface area contributed by atoms with Crippen molar-refractivity contribution in [2.75, 3.05) is 5.75 Å². The number of benzene rings is 2. The van der Waals surface area contributed by atoms with Gasteiger partial charge in [0.1, 0.15) is 0 Å². The third-order valence-corrected chi connectivity index (χ3v) is 6.53. The first-order valence-electron chi connectivity index (χ1n) is 8.90. The number of amides is 1. The maximum absolute atomic E-state index is 13.1. The Morgan fingerprint density at radius 2 is 1.70 bits per heavy atom. The molecule has 1 fully saturated rings. The van der Waals surface area contributed by atoms with E-state index in [2.05, 4.69) is 6.07 Å². The molecular weight excluding hydrogens is 356 g/mol. The highest BCUT2D eigenvalue weighted by Gasteiger charge is 2.51. The Hall–Kier alpha value is -2.55. The number of allylic oxidation sites excluding steroid dienone is 1. The van der Waals surface area contributed by atoms with Crippen molar-refractivity contribution in [1.82, 2.24) is 4.90 Å². The van der Waals surface area contributed by atoms with Gasteiger partial charge in [0.2, 0.25) is 5.91 Å². The molecule has 1 N–H and O–H groups in total. The van der Waals surface area contributed by atoms with Gasteiger partial charge in [0.05, 0.1) is 22.4 Å². The summed E-state index contributed by atoms with van der Waals surface area (Å²) in [5, 5.41) is 21.8. The predicted octanol–water partition coefficient (Wildman–Crippen LogP) is 3.95. The first-order valence-corrected chi connectivity index (χ1v) is 9.89. The monoisotopic (exact) mass is 376 g/mol. The Morgan fingerprint density at radius 3 is 2.30 bits per heavy atom. The third kappa shape index (κ3) is 2.86. The molecule has 4 rings (SSSR count). The van der Waals surface area contributed by atoms with Crippen LogP contribution in [0.25, 0.3) is 0 Å². The Morgan fingerprint density at radius 1 is 1.11 bits per heavy atom. The van der Waals surface area contributed by atoms with Crippen LogP contribution in [0.15, 0.2) is 59.1 Å². The minimum Gasteiger partial charge on any atom is -0.366 e. The second-order valence-corrected chi connectivity index (χ2v) is 8.16. The summed E-state index contributed by atoms with van der Waals surface area (Å²) in [4.78, 5) is 14.5. The van der Waals surface area contributed by atoms with Gasteiger partial charge in [-0.2, -0.15) is 5.26 Å². The van der Waals surface area contributed by atoms with Crippen molar-refractivity contribution >= 4 is 17.7 Å². The van der Waals surface area contributed by atoms with E-state index in [1.807, 2.05) is 62.4 Å². The molecule has 0 bridgehead atoms. The average molecular weight is 376 g/mol. The van der Waals surface area contributed by atoms with Crippen molar-refractivity contribution in [3.05, 3.63) is 81.4 Å². The fraction of sp³-hybridized carbons (Fsp3) is 0.273. The van der Waals surface area contributed by atoms with Gasteiger partial charge in [-0.25, -0.2) is 0 Å². The first-order chi connectivity index (χ1) is 12.9. The number of aryl methyl sites for hydroxylation is 2. The molecule has 0 radical (unpaired) electrons. The van der Waals surface area contributed by atoms with E-state index in [1.54, 1.807) is 0 Å². The summed E-state index contributed by atoms with van der Waals surface area (Å²) in [5.74, 6) is -0.0898. The molecule has 5 heteroatoms. The van der Waals surface area contributed by atoms with E-state index >= 15 is 0 Å². The van der Waals surface area contributed by atoms with Crippen LogP contribution in [0.2, 0.25) is 0 Å².